The Morgan fingerprint density at radius 3 is 2.27 bits per heavy atom. The summed E-state index contributed by atoms with van der Waals surface area (Å²) in [6, 6.07) is 0. The van der Waals surface area contributed by atoms with Crippen molar-refractivity contribution in [3.8, 4) is 0 Å². The smallest absolute Gasteiger partial charge is 0.366 e. The van der Waals surface area contributed by atoms with Gasteiger partial charge in [0.2, 0.25) is 0 Å². The van der Waals surface area contributed by atoms with Gasteiger partial charge in [-0.25, -0.2) is 0 Å². The summed E-state index contributed by atoms with van der Waals surface area (Å²) in [5.74, 6) is 0. The molecule has 1 heterocycles. The number of hydrogen-bond donors (Lipinski definition) is 1. The Kier molecular flexibility index (Phi) is 4.13. The summed E-state index contributed by atoms with van der Waals surface area (Å²) in [5.41, 5.74) is 0. The number of ether oxygens (including phenoxy) is 1. The highest BCUT2D eigenvalue weighted by atomic mass is 35.5. The fraction of sp³-hybridized carbons (Fsp3) is 1.00. The Labute approximate surface area is 68.5 Å². The zero-order valence-electron chi connectivity index (χ0n) is 5.65. The maximum Gasteiger partial charge on any atom is 0.415 e. The van der Waals surface area contributed by atoms with Crippen LogP contribution in [0.3, 0.4) is 0 Å². The maximum atomic E-state index is 11.8. The largest absolute Gasteiger partial charge is 0.415 e. The summed E-state index contributed by atoms with van der Waals surface area (Å²) < 4.78 is 39.8. The van der Waals surface area contributed by atoms with Crippen LogP contribution >= 0.6 is 12.4 Å². The molecule has 1 N–H and O–H groups in total. The van der Waals surface area contributed by atoms with Crippen molar-refractivity contribution in [2.75, 3.05) is 19.7 Å². The lowest BCUT2D eigenvalue weighted by molar-refractivity contribution is -0.224. The number of nitrogens with one attached hydrogen (secondary N) is 1. The molecule has 1 saturated heterocycles. The van der Waals surface area contributed by atoms with E-state index in [0.29, 0.717) is 6.54 Å². The number of alkyl halides is 3. The second-order valence-corrected chi connectivity index (χ2v) is 2.11. The molecule has 1 aliphatic heterocycles. The molecule has 6 heteroatoms. The molecular weight excluding hydrogens is 183 g/mol. The lowest BCUT2D eigenvalue weighted by atomic mass is 10.3. The predicted molar refractivity (Wildman–Crippen MR) is 35.9 cm³/mol. The van der Waals surface area contributed by atoms with E-state index >= 15 is 0 Å². The Morgan fingerprint density at radius 2 is 2.00 bits per heavy atom. The normalized spacial score (nSPS) is 25.9. The Morgan fingerprint density at radius 1 is 1.36 bits per heavy atom. The minimum absolute atomic E-state index is 0. The van der Waals surface area contributed by atoms with Crippen molar-refractivity contribution in [3.63, 3.8) is 0 Å². The average molecular weight is 192 g/mol. The summed E-state index contributed by atoms with van der Waals surface area (Å²) in [5, 5.41) is 2.60. The second-order valence-electron chi connectivity index (χ2n) is 2.11. The van der Waals surface area contributed by atoms with Crippen molar-refractivity contribution in [1.29, 1.82) is 0 Å². The summed E-state index contributed by atoms with van der Waals surface area (Å²) >= 11 is 0. The van der Waals surface area contributed by atoms with E-state index in [2.05, 4.69) is 10.1 Å². The Bertz CT molecular complexity index is 113. The Hall–Kier alpha value is -0.0000000000000000416. The van der Waals surface area contributed by atoms with Crippen LogP contribution in [-0.4, -0.2) is 32.0 Å². The van der Waals surface area contributed by atoms with Crippen LogP contribution in [0.15, 0.2) is 0 Å². The van der Waals surface area contributed by atoms with Gasteiger partial charge in [-0.3, -0.25) is 0 Å². The van der Waals surface area contributed by atoms with Crippen molar-refractivity contribution in [2.24, 2.45) is 0 Å². The first-order chi connectivity index (χ1) is 4.61. The number of hydrogen-bond acceptors (Lipinski definition) is 2. The van der Waals surface area contributed by atoms with E-state index in [4.69, 9.17) is 0 Å². The van der Waals surface area contributed by atoms with Crippen LogP contribution in [0.2, 0.25) is 0 Å². The minimum atomic E-state index is -4.21. The van der Waals surface area contributed by atoms with Gasteiger partial charge in [-0.15, -0.1) is 12.4 Å². The first kappa shape index (κ1) is 11.0. The third-order valence-corrected chi connectivity index (χ3v) is 1.29. The van der Waals surface area contributed by atoms with Crippen LogP contribution < -0.4 is 5.32 Å². The van der Waals surface area contributed by atoms with Gasteiger partial charge < -0.3 is 10.1 Å². The van der Waals surface area contributed by atoms with E-state index in [-0.39, 0.29) is 25.6 Å². The highest BCUT2D eigenvalue weighted by Crippen LogP contribution is 2.23. The molecule has 0 aromatic heterocycles. The molecule has 68 valence electrons. The number of halogens is 4. The van der Waals surface area contributed by atoms with E-state index in [0.717, 1.165) is 0 Å². The van der Waals surface area contributed by atoms with Crippen LogP contribution in [0.1, 0.15) is 0 Å². The third kappa shape index (κ3) is 3.27. The molecule has 0 spiro atoms. The first-order valence-electron chi connectivity index (χ1n) is 3.00. The van der Waals surface area contributed by atoms with E-state index in [1.165, 1.54) is 0 Å². The number of morpholine rings is 1. The highest BCUT2D eigenvalue weighted by molar-refractivity contribution is 5.85. The van der Waals surface area contributed by atoms with Gasteiger partial charge in [0.05, 0.1) is 6.61 Å². The van der Waals surface area contributed by atoms with E-state index in [9.17, 15) is 13.2 Å². The molecule has 0 aromatic rings. The van der Waals surface area contributed by atoms with Gasteiger partial charge in [0.25, 0.3) is 0 Å². The molecule has 0 unspecified atom stereocenters. The van der Waals surface area contributed by atoms with Crippen molar-refractivity contribution >= 4 is 12.4 Å². The molecular formula is C5H9ClF3NO. The average Bonchev–Trinajstić information content (AvgIpc) is 1.88. The van der Waals surface area contributed by atoms with Gasteiger partial charge in [0, 0.05) is 13.1 Å². The summed E-state index contributed by atoms with van der Waals surface area (Å²) in [6.07, 6.45) is -5.82. The van der Waals surface area contributed by atoms with Gasteiger partial charge in [-0.2, -0.15) is 13.2 Å². The van der Waals surface area contributed by atoms with Crippen LogP contribution in [0.25, 0.3) is 0 Å². The predicted octanol–water partition coefficient (Wildman–Crippen LogP) is 0.959. The molecule has 1 atom stereocenters. The van der Waals surface area contributed by atoms with Crippen molar-refractivity contribution in [2.45, 2.75) is 12.3 Å². The standard InChI is InChI=1S/C5H8F3NO.ClH/c6-5(7,8)4-3-9-1-2-10-4;/h4,9H,1-3H2;1H/t4-;/m0./s1. The molecule has 1 rings (SSSR count). The Balaban J connectivity index is 0.000001000. The molecule has 0 radical (unpaired) electrons. The lowest BCUT2D eigenvalue weighted by Gasteiger charge is -2.25. The fourth-order valence-electron chi connectivity index (χ4n) is 0.776. The second kappa shape index (κ2) is 4.13. The van der Waals surface area contributed by atoms with E-state index in [1.54, 1.807) is 0 Å². The van der Waals surface area contributed by atoms with Crippen LogP contribution in [0.5, 0.6) is 0 Å². The van der Waals surface area contributed by atoms with E-state index < -0.39 is 12.3 Å². The lowest BCUT2D eigenvalue weighted by Crippen LogP contribution is -2.46. The molecule has 0 saturated carbocycles. The minimum Gasteiger partial charge on any atom is -0.366 e. The zero-order valence-corrected chi connectivity index (χ0v) is 6.47. The van der Waals surface area contributed by atoms with Gasteiger partial charge in [-0.05, 0) is 0 Å². The van der Waals surface area contributed by atoms with Gasteiger partial charge in [0.1, 0.15) is 0 Å². The molecule has 0 amide bonds. The quantitative estimate of drug-likeness (QED) is 0.616. The van der Waals surface area contributed by atoms with Gasteiger partial charge >= 0.3 is 6.18 Å². The highest BCUT2D eigenvalue weighted by Gasteiger charge is 2.41. The van der Waals surface area contributed by atoms with Crippen LogP contribution in [-0.2, 0) is 4.74 Å². The molecule has 2 nitrogen and oxygen atoms in total. The first-order valence-corrected chi connectivity index (χ1v) is 3.00. The monoisotopic (exact) mass is 191 g/mol. The fourth-order valence-corrected chi connectivity index (χ4v) is 0.776. The topological polar surface area (TPSA) is 21.3 Å². The summed E-state index contributed by atoms with van der Waals surface area (Å²) in [6.45, 7) is 0.528. The molecule has 0 aromatic carbocycles. The van der Waals surface area contributed by atoms with Gasteiger partial charge in [-0.1, -0.05) is 0 Å². The molecule has 11 heavy (non-hydrogen) atoms. The zero-order chi connectivity index (χ0) is 7.61. The van der Waals surface area contributed by atoms with Crippen molar-refractivity contribution < 1.29 is 17.9 Å². The molecule has 0 bridgehead atoms. The summed E-state index contributed by atoms with van der Waals surface area (Å²) in [4.78, 5) is 0. The number of rotatable bonds is 0. The molecule has 1 aliphatic rings. The third-order valence-electron chi connectivity index (χ3n) is 1.29. The van der Waals surface area contributed by atoms with Crippen molar-refractivity contribution in [1.82, 2.24) is 5.32 Å². The SMILES string of the molecule is Cl.FC(F)(F)[C@@H]1CNCCO1. The van der Waals surface area contributed by atoms with Crippen LogP contribution in [0.4, 0.5) is 13.2 Å². The molecule has 1 fully saturated rings. The summed E-state index contributed by atoms with van der Waals surface area (Å²) in [7, 11) is 0. The maximum absolute atomic E-state index is 11.8. The van der Waals surface area contributed by atoms with E-state index in [1.807, 2.05) is 0 Å². The van der Waals surface area contributed by atoms with Gasteiger partial charge in [0.15, 0.2) is 6.10 Å². The molecule has 0 aliphatic carbocycles. The van der Waals surface area contributed by atoms with Crippen molar-refractivity contribution in [3.05, 3.63) is 0 Å². The van der Waals surface area contributed by atoms with Crippen LogP contribution in [0, 0.1) is 0 Å².